The number of hydrogen-bond donors (Lipinski definition) is 1. The maximum atomic E-state index is 12.2. The van der Waals surface area contributed by atoms with Crippen LogP contribution in [0.4, 0.5) is 0 Å². The molecular weight excluding hydrogens is 312 g/mol. The van der Waals surface area contributed by atoms with E-state index in [2.05, 4.69) is 59.3 Å². The molecule has 0 spiro atoms. The fraction of sp³-hybridized carbons (Fsp3) is 0.238. The van der Waals surface area contributed by atoms with Crippen LogP contribution in [-0.2, 0) is 16.1 Å². The third kappa shape index (κ3) is 2.07. The third-order valence-electron chi connectivity index (χ3n) is 5.46. The molecule has 2 atom stereocenters. The first-order chi connectivity index (χ1) is 12.2. The summed E-state index contributed by atoms with van der Waals surface area (Å²) in [4.78, 5) is 23.8. The molecule has 1 aliphatic heterocycles. The summed E-state index contributed by atoms with van der Waals surface area (Å²) in [6, 6.07) is 14.7. The van der Waals surface area contributed by atoms with E-state index < -0.39 is 0 Å². The molecule has 124 valence electrons. The molecule has 2 amide bonds. The third-order valence-corrected chi connectivity index (χ3v) is 5.46. The molecule has 5 rings (SSSR count). The monoisotopic (exact) mass is 330 g/mol. The van der Waals surface area contributed by atoms with E-state index in [1.807, 2.05) is 6.08 Å². The number of aryl methyl sites for hydroxylation is 1. The maximum Gasteiger partial charge on any atom is 0.254 e. The van der Waals surface area contributed by atoms with E-state index >= 15 is 0 Å². The number of benzene rings is 2. The Balaban J connectivity index is 1.66. The minimum Gasteiger partial charge on any atom is -0.341 e. The van der Waals surface area contributed by atoms with Gasteiger partial charge >= 0.3 is 0 Å². The number of carbonyl (C=O) groups excluding carboxylic acids is 2. The molecule has 1 aromatic heterocycles. The summed E-state index contributed by atoms with van der Waals surface area (Å²) < 4.78 is 2.31. The Labute approximate surface area is 145 Å². The number of piperidine rings is 1. The lowest BCUT2D eigenvalue weighted by Gasteiger charge is -2.13. The van der Waals surface area contributed by atoms with Crippen LogP contribution in [0.2, 0.25) is 0 Å². The van der Waals surface area contributed by atoms with Gasteiger partial charge in [0.15, 0.2) is 0 Å². The molecule has 0 bridgehead atoms. The number of rotatable bonds is 2. The van der Waals surface area contributed by atoms with Gasteiger partial charge in [-0.25, -0.2) is 0 Å². The topological polar surface area (TPSA) is 51.1 Å². The minimum atomic E-state index is -0.236. The lowest BCUT2D eigenvalue weighted by Crippen LogP contribution is -2.37. The van der Waals surface area contributed by atoms with Crippen molar-refractivity contribution in [3.05, 3.63) is 53.6 Å². The summed E-state index contributed by atoms with van der Waals surface area (Å²) in [7, 11) is 0. The molecule has 2 unspecified atom stereocenters. The van der Waals surface area contributed by atoms with Crippen molar-refractivity contribution in [2.75, 3.05) is 0 Å². The Kier molecular flexibility index (Phi) is 2.93. The fourth-order valence-electron chi connectivity index (χ4n) is 4.13. The average Bonchev–Trinajstić information content (AvgIpc) is 3.36. The van der Waals surface area contributed by atoms with Crippen LogP contribution >= 0.6 is 0 Å². The van der Waals surface area contributed by atoms with Crippen molar-refractivity contribution in [1.82, 2.24) is 9.88 Å². The maximum absolute atomic E-state index is 12.2. The number of carbonyl (C=O) groups is 2. The van der Waals surface area contributed by atoms with Crippen molar-refractivity contribution in [3.63, 3.8) is 0 Å². The molecule has 4 nitrogen and oxygen atoms in total. The van der Waals surface area contributed by atoms with Crippen molar-refractivity contribution in [3.8, 4) is 0 Å². The second-order valence-electron chi connectivity index (χ2n) is 6.90. The number of nitrogens with zero attached hydrogens (tertiary/aromatic N) is 1. The quantitative estimate of drug-likeness (QED) is 0.578. The van der Waals surface area contributed by atoms with Crippen LogP contribution in [0.3, 0.4) is 0 Å². The molecule has 0 radical (unpaired) electrons. The Bertz CT molecular complexity index is 1090. The highest BCUT2D eigenvalue weighted by atomic mass is 16.2. The first-order valence-electron chi connectivity index (χ1n) is 8.75. The first-order valence-corrected chi connectivity index (χ1v) is 8.75. The predicted octanol–water partition coefficient (Wildman–Crippen LogP) is 3.49. The second kappa shape index (κ2) is 5.06. The van der Waals surface area contributed by atoms with Crippen molar-refractivity contribution >= 4 is 39.7 Å². The van der Waals surface area contributed by atoms with Crippen molar-refractivity contribution in [2.45, 2.75) is 19.9 Å². The molecule has 25 heavy (non-hydrogen) atoms. The smallest absolute Gasteiger partial charge is 0.254 e. The molecule has 4 heteroatoms. The van der Waals surface area contributed by atoms with E-state index in [0.717, 1.165) is 24.1 Å². The average molecular weight is 330 g/mol. The lowest BCUT2D eigenvalue weighted by atomic mass is 10.0. The van der Waals surface area contributed by atoms with Crippen LogP contribution in [-0.4, -0.2) is 16.4 Å². The fourth-order valence-corrected chi connectivity index (χ4v) is 4.13. The number of amides is 2. The lowest BCUT2D eigenvalue weighted by molar-refractivity contribution is -0.131. The molecule has 2 aromatic carbocycles. The first kappa shape index (κ1) is 14.5. The highest BCUT2D eigenvalue weighted by Crippen LogP contribution is 2.47. The van der Waals surface area contributed by atoms with E-state index in [9.17, 15) is 9.59 Å². The van der Waals surface area contributed by atoms with Gasteiger partial charge in [-0.3, -0.25) is 14.9 Å². The molecular formula is C21H18N2O2. The summed E-state index contributed by atoms with van der Waals surface area (Å²) in [5, 5.41) is 4.90. The van der Waals surface area contributed by atoms with Gasteiger partial charge in [-0.15, -0.1) is 0 Å². The van der Waals surface area contributed by atoms with Gasteiger partial charge in [0.25, 0.3) is 5.91 Å². The predicted molar refractivity (Wildman–Crippen MR) is 97.8 cm³/mol. The highest BCUT2D eigenvalue weighted by molar-refractivity contribution is 6.13. The summed E-state index contributed by atoms with van der Waals surface area (Å²) in [6.07, 6.45) is 2.74. The molecule has 2 heterocycles. The molecule has 2 fully saturated rings. The summed E-state index contributed by atoms with van der Waals surface area (Å²) >= 11 is 0. The number of aromatic nitrogens is 1. The Morgan fingerprint density at radius 1 is 1.08 bits per heavy atom. The zero-order chi connectivity index (χ0) is 17.1. The number of nitrogens with one attached hydrogen (secondary N) is 1. The van der Waals surface area contributed by atoms with Crippen LogP contribution in [0, 0.1) is 11.8 Å². The van der Waals surface area contributed by atoms with Crippen LogP contribution in [0.5, 0.6) is 0 Å². The van der Waals surface area contributed by atoms with Gasteiger partial charge in [0.05, 0.1) is 0 Å². The normalized spacial score (nSPS) is 24.0. The molecule has 2 aliphatic rings. The zero-order valence-corrected chi connectivity index (χ0v) is 14.0. The van der Waals surface area contributed by atoms with Gasteiger partial charge in [-0.05, 0) is 43.2 Å². The van der Waals surface area contributed by atoms with E-state index in [1.54, 1.807) is 0 Å². The molecule has 1 saturated heterocycles. The van der Waals surface area contributed by atoms with Crippen LogP contribution < -0.4 is 5.32 Å². The molecule has 1 aliphatic carbocycles. The number of hydrogen-bond acceptors (Lipinski definition) is 2. The van der Waals surface area contributed by atoms with Gasteiger partial charge in [0.2, 0.25) is 5.91 Å². The number of imide groups is 1. The largest absolute Gasteiger partial charge is 0.341 e. The van der Waals surface area contributed by atoms with E-state index in [-0.39, 0.29) is 23.7 Å². The zero-order valence-electron chi connectivity index (χ0n) is 14.0. The van der Waals surface area contributed by atoms with Gasteiger partial charge in [-0.2, -0.15) is 0 Å². The van der Waals surface area contributed by atoms with Crippen LogP contribution in [0.15, 0.2) is 48.0 Å². The van der Waals surface area contributed by atoms with E-state index in [1.165, 1.54) is 21.8 Å². The molecule has 3 aromatic rings. The van der Waals surface area contributed by atoms with E-state index in [0.29, 0.717) is 0 Å². The highest BCUT2D eigenvalue weighted by Gasteiger charge is 2.51. The van der Waals surface area contributed by atoms with Crippen molar-refractivity contribution in [1.29, 1.82) is 0 Å². The molecule has 1 N–H and O–H groups in total. The second-order valence-corrected chi connectivity index (χ2v) is 6.90. The van der Waals surface area contributed by atoms with Crippen molar-refractivity contribution < 1.29 is 9.59 Å². The standard InChI is InChI=1S/C21H18N2O2/c1-2-23-18-6-4-3-5-13(18)15-9-12(7-8-19(15)23)10-16-14-11-17(14)21(25)22-20(16)24/h3-10,14,17H,2,11H2,1H3,(H,22,24,25)/b16-10+. The van der Waals surface area contributed by atoms with Gasteiger partial charge < -0.3 is 4.57 Å². The Morgan fingerprint density at radius 2 is 1.88 bits per heavy atom. The van der Waals surface area contributed by atoms with Crippen molar-refractivity contribution in [2.24, 2.45) is 11.8 Å². The van der Waals surface area contributed by atoms with Crippen LogP contribution in [0.25, 0.3) is 27.9 Å². The summed E-state index contributed by atoms with van der Waals surface area (Å²) in [5.41, 5.74) is 4.19. The Morgan fingerprint density at radius 3 is 2.72 bits per heavy atom. The van der Waals surface area contributed by atoms with E-state index in [4.69, 9.17) is 0 Å². The van der Waals surface area contributed by atoms with Gasteiger partial charge in [0, 0.05) is 45.8 Å². The number of para-hydroxylation sites is 1. The Hall–Kier alpha value is -2.88. The summed E-state index contributed by atoms with van der Waals surface area (Å²) in [5.74, 6) is -0.253. The summed E-state index contributed by atoms with van der Waals surface area (Å²) in [6.45, 7) is 3.07. The minimum absolute atomic E-state index is 0.00492. The van der Waals surface area contributed by atoms with Gasteiger partial charge in [-0.1, -0.05) is 24.3 Å². The van der Waals surface area contributed by atoms with Gasteiger partial charge in [0.1, 0.15) is 0 Å². The SMILES string of the molecule is CCn1c2ccccc2c2cc(/C=C3/C(=O)NC(=O)C4CC34)ccc21. The van der Waals surface area contributed by atoms with Crippen LogP contribution in [0.1, 0.15) is 18.9 Å². The molecule has 1 saturated carbocycles. The number of fused-ring (bicyclic) bond motifs is 4.